The van der Waals surface area contributed by atoms with Crippen molar-refractivity contribution in [1.29, 1.82) is 0 Å². The predicted molar refractivity (Wildman–Crippen MR) is 71.1 cm³/mol. The first-order valence-electron chi connectivity index (χ1n) is 6.20. The number of hydrogen-bond acceptors (Lipinski definition) is 3. The lowest BCUT2D eigenvalue weighted by Gasteiger charge is -2.09. The summed E-state index contributed by atoms with van der Waals surface area (Å²) in [5.41, 5.74) is 1.16. The number of benzene rings is 1. The molecule has 1 amide bonds. The van der Waals surface area contributed by atoms with Crippen LogP contribution in [0.3, 0.4) is 0 Å². The fourth-order valence-corrected chi connectivity index (χ4v) is 1.43. The molecule has 0 unspecified atom stereocenters. The third-order valence-corrected chi connectivity index (χ3v) is 2.59. The third kappa shape index (κ3) is 5.90. The van der Waals surface area contributed by atoms with Crippen molar-refractivity contribution < 1.29 is 19.4 Å². The average Bonchev–Trinajstić information content (AvgIpc) is 2.36. The van der Waals surface area contributed by atoms with Crippen molar-refractivity contribution in [2.75, 3.05) is 6.61 Å². The molecule has 2 N–H and O–H groups in total. The molecule has 0 radical (unpaired) electrons. The quantitative estimate of drug-likeness (QED) is 0.736. The zero-order valence-electron chi connectivity index (χ0n) is 11.2. The van der Waals surface area contributed by atoms with Crippen molar-refractivity contribution in [3.63, 3.8) is 0 Å². The van der Waals surface area contributed by atoms with Crippen LogP contribution in [0.1, 0.15) is 25.3 Å². The van der Waals surface area contributed by atoms with Gasteiger partial charge in [-0.05, 0) is 32.4 Å². The fraction of sp³-hybridized carbons (Fsp3) is 0.429. The molecule has 0 aromatic heterocycles. The van der Waals surface area contributed by atoms with Crippen LogP contribution in [0, 0.1) is 6.92 Å². The number of nitrogens with one attached hydrogen (secondary N) is 1. The Kier molecular flexibility index (Phi) is 5.85. The van der Waals surface area contributed by atoms with Gasteiger partial charge in [-0.25, -0.2) is 0 Å². The zero-order chi connectivity index (χ0) is 14.3. The maximum atomic E-state index is 11.4. The molecule has 0 bridgehead atoms. The number of carbonyl (C=O) groups excluding carboxylic acids is 1. The molecule has 19 heavy (non-hydrogen) atoms. The Labute approximate surface area is 112 Å². The number of aryl methyl sites for hydroxylation is 1. The summed E-state index contributed by atoms with van der Waals surface area (Å²) in [4.78, 5) is 21.9. The van der Waals surface area contributed by atoms with E-state index >= 15 is 0 Å². The number of carboxylic acid groups (broad SMARTS) is 1. The SMILES string of the molecule is Cc1ccc(OCCCC(=O)N[C@H](C)C(=O)O)cc1. The molecule has 0 heterocycles. The number of rotatable bonds is 7. The predicted octanol–water partition coefficient (Wildman–Crippen LogP) is 1.74. The Bertz CT molecular complexity index is 428. The van der Waals surface area contributed by atoms with Crippen LogP contribution in [-0.2, 0) is 9.59 Å². The smallest absolute Gasteiger partial charge is 0.325 e. The Morgan fingerprint density at radius 2 is 1.95 bits per heavy atom. The number of ether oxygens (including phenoxy) is 1. The van der Waals surface area contributed by atoms with Crippen LogP contribution in [0.5, 0.6) is 5.75 Å². The maximum Gasteiger partial charge on any atom is 0.325 e. The first-order valence-corrected chi connectivity index (χ1v) is 6.20. The van der Waals surface area contributed by atoms with Gasteiger partial charge in [0.25, 0.3) is 0 Å². The maximum absolute atomic E-state index is 11.4. The summed E-state index contributed by atoms with van der Waals surface area (Å²) in [6.07, 6.45) is 0.801. The van der Waals surface area contributed by atoms with E-state index < -0.39 is 12.0 Å². The molecule has 0 saturated heterocycles. The number of carboxylic acids is 1. The summed E-state index contributed by atoms with van der Waals surface area (Å²) in [6.45, 7) is 3.86. The molecule has 0 aliphatic heterocycles. The fourth-order valence-electron chi connectivity index (χ4n) is 1.43. The molecule has 1 aromatic rings. The summed E-state index contributed by atoms with van der Waals surface area (Å²) in [7, 11) is 0. The van der Waals surface area contributed by atoms with Crippen LogP contribution in [0.4, 0.5) is 0 Å². The minimum absolute atomic E-state index is 0.253. The van der Waals surface area contributed by atoms with E-state index in [1.807, 2.05) is 31.2 Å². The molecule has 104 valence electrons. The van der Waals surface area contributed by atoms with E-state index in [1.165, 1.54) is 6.92 Å². The van der Waals surface area contributed by atoms with Crippen molar-refractivity contribution in [3.8, 4) is 5.75 Å². The lowest BCUT2D eigenvalue weighted by Crippen LogP contribution is -2.38. The second kappa shape index (κ2) is 7.41. The highest BCUT2D eigenvalue weighted by Crippen LogP contribution is 2.11. The highest BCUT2D eigenvalue weighted by Gasteiger charge is 2.13. The van der Waals surface area contributed by atoms with Gasteiger partial charge in [-0.15, -0.1) is 0 Å². The second-order valence-corrected chi connectivity index (χ2v) is 4.39. The number of aliphatic carboxylic acids is 1. The first-order chi connectivity index (χ1) is 8.99. The summed E-state index contributed by atoms with van der Waals surface area (Å²) < 4.78 is 5.47. The molecule has 1 atom stereocenters. The van der Waals surface area contributed by atoms with E-state index in [2.05, 4.69) is 5.32 Å². The summed E-state index contributed by atoms with van der Waals surface area (Å²) >= 11 is 0. The Hall–Kier alpha value is -2.04. The Morgan fingerprint density at radius 3 is 2.53 bits per heavy atom. The first kappa shape index (κ1) is 15.0. The van der Waals surface area contributed by atoms with Crippen LogP contribution in [0.15, 0.2) is 24.3 Å². The van der Waals surface area contributed by atoms with Crippen LogP contribution in [-0.4, -0.2) is 29.6 Å². The van der Waals surface area contributed by atoms with Gasteiger partial charge in [-0.3, -0.25) is 9.59 Å². The van der Waals surface area contributed by atoms with Crippen LogP contribution >= 0.6 is 0 Å². The van der Waals surface area contributed by atoms with Gasteiger partial charge in [0, 0.05) is 6.42 Å². The molecule has 1 aromatic carbocycles. The molecular formula is C14H19NO4. The largest absolute Gasteiger partial charge is 0.494 e. The van der Waals surface area contributed by atoms with Gasteiger partial charge >= 0.3 is 5.97 Å². The van der Waals surface area contributed by atoms with Crippen molar-refractivity contribution >= 4 is 11.9 Å². The highest BCUT2D eigenvalue weighted by atomic mass is 16.5. The van der Waals surface area contributed by atoms with Crippen molar-refractivity contribution in [2.45, 2.75) is 32.7 Å². The van der Waals surface area contributed by atoms with E-state index in [0.29, 0.717) is 13.0 Å². The zero-order valence-corrected chi connectivity index (χ0v) is 11.2. The lowest BCUT2D eigenvalue weighted by molar-refractivity contribution is -0.141. The molecule has 0 aliphatic carbocycles. The highest BCUT2D eigenvalue weighted by molar-refractivity contribution is 5.83. The molecule has 1 rings (SSSR count). The summed E-state index contributed by atoms with van der Waals surface area (Å²) in [5.74, 6) is -0.545. The van der Waals surface area contributed by atoms with Crippen LogP contribution in [0.25, 0.3) is 0 Å². The molecule has 5 heteroatoms. The molecule has 0 saturated carbocycles. The van der Waals surface area contributed by atoms with Crippen molar-refractivity contribution in [2.24, 2.45) is 0 Å². The molecule has 5 nitrogen and oxygen atoms in total. The Morgan fingerprint density at radius 1 is 1.32 bits per heavy atom. The normalized spacial score (nSPS) is 11.7. The monoisotopic (exact) mass is 265 g/mol. The second-order valence-electron chi connectivity index (χ2n) is 4.39. The minimum atomic E-state index is -1.04. The lowest BCUT2D eigenvalue weighted by atomic mass is 10.2. The van der Waals surface area contributed by atoms with Gasteiger partial charge in [0.15, 0.2) is 0 Å². The minimum Gasteiger partial charge on any atom is -0.494 e. The van der Waals surface area contributed by atoms with Gasteiger partial charge in [-0.1, -0.05) is 17.7 Å². The van der Waals surface area contributed by atoms with Crippen molar-refractivity contribution in [1.82, 2.24) is 5.32 Å². The Balaban J connectivity index is 2.18. The van der Waals surface area contributed by atoms with Crippen LogP contribution in [0.2, 0.25) is 0 Å². The van der Waals surface area contributed by atoms with Crippen molar-refractivity contribution in [3.05, 3.63) is 29.8 Å². The van der Waals surface area contributed by atoms with E-state index in [1.54, 1.807) is 0 Å². The van der Waals surface area contributed by atoms with Gasteiger partial charge in [-0.2, -0.15) is 0 Å². The number of amides is 1. The van der Waals surface area contributed by atoms with E-state index in [-0.39, 0.29) is 12.3 Å². The summed E-state index contributed by atoms with van der Waals surface area (Å²) in [6, 6.07) is 6.81. The van der Waals surface area contributed by atoms with E-state index in [4.69, 9.17) is 9.84 Å². The van der Waals surface area contributed by atoms with Crippen LogP contribution < -0.4 is 10.1 Å². The molecular weight excluding hydrogens is 246 g/mol. The number of hydrogen-bond donors (Lipinski definition) is 2. The van der Waals surface area contributed by atoms with E-state index in [0.717, 1.165) is 11.3 Å². The topological polar surface area (TPSA) is 75.6 Å². The molecule has 0 fully saturated rings. The number of carbonyl (C=O) groups is 2. The van der Waals surface area contributed by atoms with E-state index in [9.17, 15) is 9.59 Å². The average molecular weight is 265 g/mol. The van der Waals surface area contributed by atoms with Gasteiger partial charge in [0.05, 0.1) is 6.61 Å². The third-order valence-electron chi connectivity index (χ3n) is 2.59. The standard InChI is InChI=1S/C14H19NO4/c1-10-5-7-12(8-6-10)19-9-3-4-13(16)15-11(2)14(17)18/h5-8,11H,3-4,9H2,1-2H3,(H,15,16)(H,17,18)/t11-/m1/s1. The summed E-state index contributed by atoms with van der Waals surface area (Å²) in [5, 5.41) is 11.0. The van der Waals surface area contributed by atoms with Gasteiger partial charge in [0.2, 0.25) is 5.91 Å². The van der Waals surface area contributed by atoms with Gasteiger partial charge < -0.3 is 15.2 Å². The molecule has 0 spiro atoms. The van der Waals surface area contributed by atoms with Gasteiger partial charge in [0.1, 0.15) is 11.8 Å². The molecule has 0 aliphatic rings.